The minimum absolute atomic E-state index is 0.392. The van der Waals surface area contributed by atoms with Crippen molar-refractivity contribution in [3.63, 3.8) is 0 Å². The van der Waals surface area contributed by atoms with Crippen LogP contribution in [0.15, 0.2) is 18.5 Å². The molecule has 0 unspecified atom stereocenters. The van der Waals surface area contributed by atoms with E-state index in [4.69, 9.17) is 11.6 Å². The van der Waals surface area contributed by atoms with Crippen molar-refractivity contribution in [2.45, 2.75) is 0 Å². The van der Waals surface area contributed by atoms with Gasteiger partial charge in [-0.1, -0.05) is 11.6 Å². The summed E-state index contributed by atoms with van der Waals surface area (Å²) in [6.45, 7) is 0. The number of aromatic amines is 1. The number of hydrogen-bond acceptors (Lipinski definition) is 4. The van der Waals surface area contributed by atoms with E-state index in [0.717, 1.165) is 0 Å². The summed E-state index contributed by atoms with van der Waals surface area (Å²) in [6, 6.07) is 1.60. The van der Waals surface area contributed by atoms with E-state index in [0.29, 0.717) is 16.7 Å². The maximum Gasteiger partial charge on any atom is 0.183 e. The van der Waals surface area contributed by atoms with Gasteiger partial charge in [-0.25, -0.2) is 9.97 Å². The van der Waals surface area contributed by atoms with Crippen molar-refractivity contribution in [1.82, 2.24) is 25.4 Å². The van der Waals surface area contributed by atoms with Crippen molar-refractivity contribution in [2.75, 3.05) is 0 Å². The van der Waals surface area contributed by atoms with Gasteiger partial charge in [0, 0.05) is 6.20 Å². The van der Waals surface area contributed by atoms with Gasteiger partial charge in [-0.3, -0.25) is 0 Å². The van der Waals surface area contributed by atoms with E-state index >= 15 is 0 Å². The monoisotopic (exact) mass is 181 g/mol. The third kappa shape index (κ3) is 1.26. The summed E-state index contributed by atoms with van der Waals surface area (Å²) in [6.07, 6.45) is 3.10. The number of halogens is 1. The Labute approximate surface area is 72.8 Å². The number of rotatable bonds is 1. The van der Waals surface area contributed by atoms with Gasteiger partial charge in [-0.2, -0.15) is 15.4 Å². The average Bonchev–Trinajstić information content (AvgIpc) is 2.56. The van der Waals surface area contributed by atoms with Crippen molar-refractivity contribution in [3.8, 4) is 11.5 Å². The van der Waals surface area contributed by atoms with E-state index in [2.05, 4.69) is 25.4 Å². The predicted octanol–water partition coefficient (Wildman–Crippen LogP) is 0.915. The van der Waals surface area contributed by atoms with Gasteiger partial charge in [-0.05, 0) is 6.07 Å². The summed E-state index contributed by atoms with van der Waals surface area (Å²) >= 11 is 5.65. The highest BCUT2D eigenvalue weighted by molar-refractivity contribution is 6.29. The number of nitrogens with zero attached hydrogens (tertiary/aromatic N) is 4. The highest BCUT2D eigenvalue weighted by Gasteiger charge is 2.03. The summed E-state index contributed by atoms with van der Waals surface area (Å²) in [5.74, 6) is 0.469. The second kappa shape index (κ2) is 2.86. The van der Waals surface area contributed by atoms with Crippen molar-refractivity contribution in [2.24, 2.45) is 0 Å². The molecule has 0 aliphatic rings. The van der Waals surface area contributed by atoms with Gasteiger partial charge in [0.2, 0.25) is 0 Å². The van der Waals surface area contributed by atoms with E-state index in [1.54, 1.807) is 12.3 Å². The highest BCUT2D eigenvalue weighted by Crippen LogP contribution is 2.11. The van der Waals surface area contributed by atoms with Gasteiger partial charge < -0.3 is 0 Å². The first-order valence-electron chi connectivity index (χ1n) is 3.21. The Morgan fingerprint density at radius 3 is 3.00 bits per heavy atom. The molecule has 0 aliphatic carbocycles. The number of H-pyrrole nitrogens is 1. The fourth-order valence-corrected chi connectivity index (χ4v) is 0.906. The molecule has 2 rings (SSSR count). The average molecular weight is 182 g/mol. The van der Waals surface area contributed by atoms with Gasteiger partial charge >= 0.3 is 0 Å². The molecule has 0 radical (unpaired) electrons. The van der Waals surface area contributed by atoms with Gasteiger partial charge in [-0.15, -0.1) is 0 Å². The minimum Gasteiger partial charge on any atom is -0.235 e. The second-order valence-corrected chi connectivity index (χ2v) is 2.45. The Bertz CT molecular complexity index is 371. The summed E-state index contributed by atoms with van der Waals surface area (Å²) < 4.78 is 0. The summed E-state index contributed by atoms with van der Waals surface area (Å²) in [7, 11) is 0. The molecule has 0 aliphatic heterocycles. The highest BCUT2D eigenvalue weighted by atomic mass is 35.5. The van der Waals surface area contributed by atoms with Crippen LogP contribution in [-0.4, -0.2) is 25.4 Å². The fraction of sp³-hybridized carbons (Fsp3) is 0. The van der Waals surface area contributed by atoms with E-state index in [1.807, 2.05) is 0 Å². The fourth-order valence-electron chi connectivity index (χ4n) is 0.769. The Hall–Kier alpha value is -1.49. The molecule has 0 bridgehead atoms. The molecule has 2 aromatic heterocycles. The molecule has 0 atom stereocenters. The molecule has 0 fully saturated rings. The van der Waals surface area contributed by atoms with Crippen LogP contribution in [0.4, 0.5) is 0 Å². The molecular weight excluding hydrogens is 178 g/mol. The van der Waals surface area contributed by atoms with Crippen molar-refractivity contribution >= 4 is 11.6 Å². The van der Waals surface area contributed by atoms with Gasteiger partial charge in [0.1, 0.15) is 10.8 Å². The normalized spacial score (nSPS) is 10.1. The molecule has 0 amide bonds. The molecule has 5 nitrogen and oxygen atoms in total. The molecule has 60 valence electrons. The minimum atomic E-state index is 0.392. The van der Waals surface area contributed by atoms with Crippen LogP contribution in [-0.2, 0) is 0 Å². The SMILES string of the molecule is Clc1ccnc(-c2cn[nH]n2)n1. The Morgan fingerprint density at radius 2 is 2.33 bits per heavy atom. The molecule has 0 saturated heterocycles. The van der Waals surface area contributed by atoms with Crippen molar-refractivity contribution < 1.29 is 0 Å². The third-order valence-corrected chi connectivity index (χ3v) is 1.48. The Kier molecular flexibility index (Phi) is 1.71. The molecule has 12 heavy (non-hydrogen) atoms. The lowest BCUT2D eigenvalue weighted by molar-refractivity contribution is 0.938. The van der Waals surface area contributed by atoms with Crippen molar-refractivity contribution in [1.29, 1.82) is 0 Å². The summed E-state index contributed by atoms with van der Waals surface area (Å²) in [5.41, 5.74) is 0.581. The number of hydrogen-bond donors (Lipinski definition) is 1. The van der Waals surface area contributed by atoms with Crippen LogP contribution in [0, 0.1) is 0 Å². The second-order valence-electron chi connectivity index (χ2n) is 2.06. The maximum absolute atomic E-state index is 5.65. The molecule has 0 aromatic carbocycles. The zero-order valence-corrected chi connectivity index (χ0v) is 6.65. The van der Waals surface area contributed by atoms with E-state index in [9.17, 15) is 0 Å². The van der Waals surface area contributed by atoms with Crippen LogP contribution < -0.4 is 0 Å². The van der Waals surface area contributed by atoms with Crippen molar-refractivity contribution in [3.05, 3.63) is 23.6 Å². The van der Waals surface area contributed by atoms with Gasteiger partial charge in [0.05, 0.1) is 6.20 Å². The largest absolute Gasteiger partial charge is 0.235 e. The summed E-state index contributed by atoms with van der Waals surface area (Å²) in [5, 5.41) is 10.3. The van der Waals surface area contributed by atoms with E-state index < -0.39 is 0 Å². The van der Waals surface area contributed by atoms with E-state index in [1.165, 1.54) is 6.20 Å². The van der Waals surface area contributed by atoms with Crippen LogP contribution in [0.2, 0.25) is 5.15 Å². The molecule has 6 heteroatoms. The van der Waals surface area contributed by atoms with E-state index in [-0.39, 0.29) is 0 Å². The Morgan fingerprint density at radius 1 is 1.42 bits per heavy atom. The van der Waals surface area contributed by atoms with Crippen LogP contribution in [0.3, 0.4) is 0 Å². The van der Waals surface area contributed by atoms with Gasteiger partial charge in [0.15, 0.2) is 5.82 Å². The lowest BCUT2D eigenvalue weighted by Crippen LogP contribution is -1.87. The summed E-state index contributed by atoms with van der Waals surface area (Å²) in [4.78, 5) is 7.91. The third-order valence-electron chi connectivity index (χ3n) is 1.27. The first-order valence-corrected chi connectivity index (χ1v) is 3.59. The first-order chi connectivity index (χ1) is 5.86. The van der Waals surface area contributed by atoms with Gasteiger partial charge in [0.25, 0.3) is 0 Å². The quantitative estimate of drug-likeness (QED) is 0.665. The maximum atomic E-state index is 5.65. The van der Waals surface area contributed by atoms with Crippen LogP contribution in [0.25, 0.3) is 11.5 Å². The van der Waals surface area contributed by atoms with Crippen LogP contribution in [0.1, 0.15) is 0 Å². The molecule has 1 N–H and O–H groups in total. The lowest BCUT2D eigenvalue weighted by atomic mass is 10.4. The molecule has 0 saturated carbocycles. The number of aromatic nitrogens is 5. The standard InChI is InChI=1S/C6H4ClN5/c7-5-1-2-8-6(10-5)4-3-9-12-11-4/h1-3H,(H,9,11,12). The Balaban J connectivity index is 2.48. The van der Waals surface area contributed by atoms with Crippen LogP contribution in [0.5, 0.6) is 0 Å². The zero-order chi connectivity index (χ0) is 8.39. The predicted molar refractivity (Wildman–Crippen MR) is 42.4 cm³/mol. The topological polar surface area (TPSA) is 67.3 Å². The smallest absolute Gasteiger partial charge is 0.183 e. The molecular formula is C6H4ClN5. The first kappa shape index (κ1) is 7.17. The zero-order valence-electron chi connectivity index (χ0n) is 5.90. The number of nitrogens with one attached hydrogen (secondary N) is 1. The molecule has 2 aromatic rings. The molecule has 2 heterocycles. The van der Waals surface area contributed by atoms with Crippen LogP contribution >= 0.6 is 11.6 Å². The lowest BCUT2D eigenvalue weighted by Gasteiger charge is -1.92. The molecule has 0 spiro atoms.